The molecule has 2 N–H and O–H groups in total. The summed E-state index contributed by atoms with van der Waals surface area (Å²) in [6.45, 7) is 3.62. The fourth-order valence-electron chi connectivity index (χ4n) is 1.65. The van der Waals surface area contributed by atoms with Crippen LogP contribution in [0.15, 0.2) is 29.3 Å². The molecule has 4 nitrogen and oxygen atoms in total. The highest BCUT2D eigenvalue weighted by atomic mass is 32.1. The first-order chi connectivity index (χ1) is 8.74. The topological polar surface area (TPSA) is 52.9 Å². The van der Waals surface area contributed by atoms with Gasteiger partial charge in [-0.3, -0.25) is 9.13 Å². The summed E-state index contributed by atoms with van der Waals surface area (Å²) in [5.74, 6) is 5.81. The fourth-order valence-corrected chi connectivity index (χ4v) is 2.53. The molecule has 0 aliphatic rings. The van der Waals surface area contributed by atoms with Crippen molar-refractivity contribution in [2.24, 2.45) is 5.73 Å². The molecule has 0 fully saturated rings. The van der Waals surface area contributed by atoms with Crippen molar-refractivity contribution in [2.45, 2.75) is 20.0 Å². The molecular weight excluding hydrogens is 246 g/mol. The second-order valence-electron chi connectivity index (χ2n) is 3.77. The number of rotatable bonds is 3. The van der Waals surface area contributed by atoms with Crippen LogP contribution in [-0.2, 0) is 13.1 Å². The van der Waals surface area contributed by atoms with Crippen LogP contribution in [0.4, 0.5) is 0 Å². The fraction of sp³-hybridized carbons (Fsp3) is 0.308. The Labute approximate surface area is 110 Å². The van der Waals surface area contributed by atoms with Gasteiger partial charge in [0, 0.05) is 23.8 Å². The molecule has 94 valence electrons. The maximum atomic E-state index is 11.9. The highest BCUT2D eigenvalue weighted by molar-refractivity contribution is 7.12. The summed E-state index contributed by atoms with van der Waals surface area (Å²) < 4.78 is 3.39. The second-order valence-corrected chi connectivity index (χ2v) is 4.93. The molecule has 2 rings (SSSR count). The van der Waals surface area contributed by atoms with Crippen molar-refractivity contribution in [3.05, 3.63) is 44.8 Å². The van der Waals surface area contributed by atoms with E-state index in [1.165, 1.54) is 0 Å². The van der Waals surface area contributed by atoms with Gasteiger partial charge < -0.3 is 5.73 Å². The maximum absolute atomic E-state index is 11.9. The number of nitrogens with zero attached hydrogens (tertiary/aromatic N) is 2. The van der Waals surface area contributed by atoms with E-state index >= 15 is 0 Å². The standard InChI is InChI=1S/C13H15N3OS/c1-2-15-8-9-16(13(15)17)10-12-6-5-11(18-12)4-3-7-14/h5-6,8-9H,2,7,10,14H2,1H3. The first-order valence-electron chi connectivity index (χ1n) is 5.77. The van der Waals surface area contributed by atoms with Gasteiger partial charge in [0.25, 0.3) is 0 Å². The number of aryl methyl sites for hydroxylation is 1. The van der Waals surface area contributed by atoms with E-state index < -0.39 is 0 Å². The van der Waals surface area contributed by atoms with Crippen molar-refractivity contribution in [1.29, 1.82) is 0 Å². The van der Waals surface area contributed by atoms with Crippen LogP contribution in [0.25, 0.3) is 0 Å². The van der Waals surface area contributed by atoms with Crippen molar-refractivity contribution < 1.29 is 0 Å². The lowest BCUT2D eigenvalue weighted by molar-refractivity contribution is 0.671. The summed E-state index contributed by atoms with van der Waals surface area (Å²) >= 11 is 1.60. The van der Waals surface area contributed by atoms with Crippen molar-refractivity contribution in [1.82, 2.24) is 9.13 Å². The molecule has 0 aliphatic carbocycles. The lowest BCUT2D eigenvalue weighted by Gasteiger charge is -1.97. The molecule has 0 aromatic carbocycles. The minimum absolute atomic E-state index is 0.0282. The highest BCUT2D eigenvalue weighted by Crippen LogP contribution is 2.16. The van der Waals surface area contributed by atoms with Gasteiger partial charge in [-0.2, -0.15) is 0 Å². The van der Waals surface area contributed by atoms with Crippen LogP contribution in [0.3, 0.4) is 0 Å². The Hall–Kier alpha value is -1.77. The zero-order valence-corrected chi connectivity index (χ0v) is 11.0. The van der Waals surface area contributed by atoms with Gasteiger partial charge in [0.05, 0.1) is 18.0 Å². The third-order valence-corrected chi connectivity index (χ3v) is 3.55. The minimum Gasteiger partial charge on any atom is -0.320 e. The van der Waals surface area contributed by atoms with Crippen molar-refractivity contribution in [3.63, 3.8) is 0 Å². The van der Waals surface area contributed by atoms with E-state index in [-0.39, 0.29) is 5.69 Å². The highest BCUT2D eigenvalue weighted by Gasteiger charge is 2.04. The Balaban J connectivity index is 2.16. The lowest BCUT2D eigenvalue weighted by Crippen LogP contribution is -2.23. The molecule has 0 saturated heterocycles. The Kier molecular flexibility index (Phi) is 4.03. The van der Waals surface area contributed by atoms with Gasteiger partial charge in [0.15, 0.2) is 0 Å². The quantitative estimate of drug-likeness (QED) is 0.841. The number of hydrogen-bond donors (Lipinski definition) is 1. The first kappa shape index (κ1) is 12.7. The predicted molar refractivity (Wildman–Crippen MR) is 73.7 cm³/mol. The molecule has 18 heavy (non-hydrogen) atoms. The van der Waals surface area contributed by atoms with E-state index in [9.17, 15) is 4.79 Å². The summed E-state index contributed by atoms with van der Waals surface area (Å²) in [4.78, 5) is 14.0. The van der Waals surface area contributed by atoms with Gasteiger partial charge >= 0.3 is 5.69 Å². The van der Waals surface area contributed by atoms with Crippen LogP contribution in [0.1, 0.15) is 16.7 Å². The van der Waals surface area contributed by atoms with Crippen LogP contribution < -0.4 is 11.4 Å². The summed E-state index contributed by atoms with van der Waals surface area (Å²) in [6.07, 6.45) is 3.63. The van der Waals surface area contributed by atoms with Crippen LogP contribution in [0.2, 0.25) is 0 Å². The zero-order chi connectivity index (χ0) is 13.0. The van der Waals surface area contributed by atoms with Crippen LogP contribution in [0.5, 0.6) is 0 Å². The van der Waals surface area contributed by atoms with Crippen LogP contribution in [0, 0.1) is 11.8 Å². The minimum atomic E-state index is 0.0282. The molecular formula is C13H15N3OS. The molecule has 5 heteroatoms. The number of nitrogens with two attached hydrogens (primary N) is 1. The molecule has 2 heterocycles. The molecule has 0 bridgehead atoms. The Morgan fingerprint density at radius 1 is 1.33 bits per heavy atom. The molecule has 0 aliphatic heterocycles. The predicted octanol–water partition coefficient (Wildman–Crippen LogP) is 1.09. The van der Waals surface area contributed by atoms with Gasteiger partial charge in [-0.05, 0) is 19.1 Å². The molecule has 0 radical (unpaired) electrons. The van der Waals surface area contributed by atoms with Crippen molar-refractivity contribution in [2.75, 3.05) is 6.54 Å². The maximum Gasteiger partial charge on any atom is 0.328 e. The average molecular weight is 261 g/mol. The van der Waals surface area contributed by atoms with E-state index in [1.807, 2.05) is 31.5 Å². The monoisotopic (exact) mass is 261 g/mol. The Morgan fingerprint density at radius 3 is 2.78 bits per heavy atom. The SMILES string of the molecule is CCn1ccn(Cc2ccc(C#CCN)s2)c1=O. The smallest absolute Gasteiger partial charge is 0.320 e. The molecule has 2 aromatic rings. The molecule has 0 atom stereocenters. The van der Waals surface area contributed by atoms with E-state index in [2.05, 4.69) is 11.8 Å². The third kappa shape index (κ3) is 2.73. The van der Waals surface area contributed by atoms with Crippen LogP contribution in [-0.4, -0.2) is 15.7 Å². The number of imidazole rings is 1. The van der Waals surface area contributed by atoms with Gasteiger partial charge in [0.2, 0.25) is 0 Å². The van der Waals surface area contributed by atoms with Crippen molar-refractivity contribution in [3.8, 4) is 11.8 Å². The zero-order valence-electron chi connectivity index (χ0n) is 10.2. The normalized spacial score (nSPS) is 10.1. The largest absolute Gasteiger partial charge is 0.328 e. The third-order valence-electron chi connectivity index (χ3n) is 2.56. The Bertz CT molecular complexity index is 639. The lowest BCUT2D eigenvalue weighted by atomic mass is 10.4. The molecule has 0 amide bonds. The first-order valence-corrected chi connectivity index (χ1v) is 6.59. The Morgan fingerprint density at radius 2 is 2.11 bits per heavy atom. The summed E-state index contributed by atoms with van der Waals surface area (Å²) in [7, 11) is 0. The van der Waals surface area contributed by atoms with Gasteiger partial charge in [0.1, 0.15) is 0 Å². The van der Waals surface area contributed by atoms with E-state index in [0.717, 1.165) is 9.75 Å². The number of thiophene rings is 1. The van der Waals surface area contributed by atoms with E-state index in [4.69, 9.17) is 5.73 Å². The van der Waals surface area contributed by atoms with E-state index in [0.29, 0.717) is 19.6 Å². The summed E-state index contributed by atoms with van der Waals surface area (Å²) in [6, 6.07) is 3.96. The van der Waals surface area contributed by atoms with Crippen molar-refractivity contribution >= 4 is 11.3 Å². The number of aromatic nitrogens is 2. The molecule has 2 aromatic heterocycles. The molecule has 0 unspecified atom stereocenters. The molecule has 0 saturated carbocycles. The van der Waals surface area contributed by atoms with E-state index in [1.54, 1.807) is 20.5 Å². The second kappa shape index (κ2) is 5.71. The van der Waals surface area contributed by atoms with Gasteiger partial charge in [-0.1, -0.05) is 11.8 Å². The van der Waals surface area contributed by atoms with Gasteiger partial charge in [-0.25, -0.2) is 4.79 Å². The van der Waals surface area contributed by atoms with Gasteiger partial charge in [-0.15, -0.1) is 11.3 Å². The average Bonchev–Trinajstić information content (AvgIpc) is 2.96. The molecule has 0 spiro atoms. The van der Waals surface area contributed by atoms with Crippen LogP contribution >= 0.6 is 11.3 Å². The number of hydrogen-bond acceptors (Lipinski definition) is 3. The summed E-state index contributed by atoms with van der Waals surface area (Å²) in [5, 5.41) is 0. The summed E-state index contributed by atoms with van der Waals surface area (Å²) in [5.41, 5.74) is 5.36.